The van der Waals surface area contributed by atoms with E-state index in [0.717, 1.165) is 11.1 Å². The second kappa shape index (κ2) is 6.76. The molecule has 0 saturated carbocycles. The van der Waals surface area contributed by atoms with E-state index in [1.54, 1.807) is 12.1 Å². The lowest BCUT2D eigenvalue weighted by Gasteiger charge is -2.38. The highest BCUT2D eigenvalue weighted by Gasteiger charge is 2.55. The fourth-order valence-corrected chi connectivity index (χ4v) is 3.01. The number of carbonyl (C=O) groups excluding carboxylic acids is 2. The van der Waals surface area contributed by atoms with Crippen LogP contribution >= 0.6 is 0 Å². The molecule has 1 aliphatic heterocycles. The highest BCUT2D eigenvalue weighted by atomic mass is 16.5. The maximum absolute atomic E-state index is 12.4. The van der Waals surface area contributed by atoms with Crippen molar-refractivity contribution < 1.29 is 14.3 Å². The standard InChI is InChI=1S/C21H21N3O3/c1-20(2,3)21(18(25)23-19(26)24-21)13-27-17-10-8-16(9-11-17)15-6-4-14(12-22)5-7-15/h4-11H,13H2,1-3H3,(H2,23,24,25,26). The lowest BCUT2D eigenvalue weighted by molar-refractivity contribution is -0.129. The number of benzene rings is 2. The van der Waals surface area contributed by atoms with Crippen LogP contribution in [-0.4, -0.2) is 24.1 Å². The summed E-state index contributed by atoms with van der Waals surface area (Å²) < 4.78 is 5.85. The molecule has 27 heavy (non-hydrogen) atoms. The number of nitrogens with zero attached hydrogens (tertiary/aromatic N) is 1. The summed E-state index contributed by atoms with van der Waals surface area (Å²) in [6.45, 7) is 5.69. The van der Waals surface area contributed by atoms with Crippen molar-refractivity contribution in [1.82, 2.24) is 10.6 Å². The van der Waals surface area contributed by atoms with Gasteiger partial charge in [0.25, 0.3) is 5.91 Å². The Kier molecular flexibility index (Phi) is 4.63. The Labute approximate surface area is 158 Å². The third-order valence-electron chi connectivity index (χ3n) is 4.88. The molecule has 6 nitrogen and oxygen atoms in total. The fourth-order valence-electron chi connectivity index (χ4n) is 3.01. The van der Waals surface area contributed by atoms with E-state index in [4.69, 9.17) is 10.00 Å². The average molecular weight is 363 g/mol. The molecular weight excluding hydrogens is 342 g/mol. The summed E-state index contributed by atoms with van der Waals surface area (Å²) in [6.07, 6.45) is 0. The topological polar surface area (TPSA) is 91.2 Å². The molecule has 2 aromatic carbocycles. The van der Waals surface area contributed by atoms with E-state index in [0.29, 0.717) is 11.3 Å². The quantitative estimate of drug-likeness (QED) is 0.816. The van der Waals surface area contributed by atoms with E-state index in [2.05, 4.69) is 16.7 Å². The summed E-state index contributed by atoms with van der Waals surface area (Å²) in [5.41, 5.74) is 0.947. The van der Waals surface area contributed by atoms with Gasteiger partial charge in [0.05, 0.1) is 11.6 Å². The molecule has 138 valence electrons. The number of carbonyl (C=O) groups is 2. The molecule has 2 aromatic rings. The molecule has 1 fully saturated rings. The van der Waals surface area contributed by atoms with Crippen LogP contribution in [0.4, 0.5) is 4.79 Å². The summed E-state index contributed by atoms with van der Waals surface area (Å²) in [6, 6.07) is 16.4. The van der Waals surface area contributed by atoms with Gasteiger partial charge in [-0.05, 0) is 40.8 Å². The van der Waals surface area contributed by atoms with Gasteiger partial charge in [-0.3, -0.25) is 10.1 Å². The first kappa shape index (κ1) is 18.5. The molecule has 3 rings (SSSR count). The summed E-state index contributed by atoms with van der Waals surface area (Å²) in [7, 11) is 0. The van der Waals surface area contributed by atoms with Crippen molar-refractivity contribution in [3.8, 4) is 22.9 Å². The zero-order valence-corrected chi connectivity index (χ0v) is 15.5. The van der Waals surface area contributed by atoms with Crippen LogP contribution < -0.4 is 15.4 Å². The van der Waals surface area contributed by atoms with Crippen LogP contribution in [0.25, 0.3) is 11.1 Å². The number of nitriles is 1. The molecule has 0 radical (unpaired) electrons. The predicted octanol–water partition coefficient (Wildman–Crippen LogP) is 3.23. The molecule has 0 spiro atoms. The Morgan fingerprint density at radius 1 is 1.00 bits per heavy atom. The van der Waals surface area contributed by atoms with Crippen molar-refractivity contribution in [1.29, 1.82) is 5.26 Å². The Bertz CT molecular complexity index is 906. The molecule has 3 amide bonds. The zero-order valence-electron chi connectivity index (χ0n) is 15.5. The minimum Gasteiger partial charge on any atom is -0.491 e. The molecule has 0 aromatic heterocycles. The molecule has 2 N–H and O–H groups in total. The second-order valence-electron chi connectivity index (χ2n) is 7.57. The smallest absolute Gasteiger partial charge is 0.322 e. The van der Waals surface area contributed by atoms with Gasteiger partial charge in [0.1, 0.15) is 12.4 Å². The number of rotatable bonds is 4. The van der Waals surface area contributed by atoms with Gasteiger partial charge in [0, 0.05) is 0 Å². The van der Waals surface area contributed by atoms with E-state index in [1.165, 1.54) is 0 Å². The summed E-state index contributed by atoms with van der Waals surface area (Å²) in [5.74, 6) is 0.221. The van der Waals surface area contributed by atoms with Gasteiger partial charge >= 0.3 is 6.03 Å². The number of amides is 3. The molecule has 0 aliphatic carbocycles. The maximum Gasteiger partial charge on any atom is 0.322 e. The molecule has 6 heteroatoms. The number of hydrogen-bond acceptors (Lipinski definition) is 4. The number of imide groups is 1. The van der Waals surface area contributed by atoms with Crippen molar-refractivity contribution in [2.75, 3.05) is 6.61 Å². The number of ether oxygens (including phenoxy) is 1. The summed E-state index contributed by atoms with van der Waals surface area (Å²) in [5, 5.41) is 13.9. The van der Waals surface area contributed by atoms with Crippen LogP contribution in [0, 0.1) is 16.7 Å². The second-order valence-corrected chi connectivity index (χ2v) is 7.57. The molecule has 1 heterocycles. The normalized spacial score (nSPS) is 19.2. The van der Waals surface area contributed by atoms with Crippen molar-refractivity contribution in [3.63, 3.8) is 0 Å². The Morgan fingerprint density at radius 2 is 1.56 bits per heavy atom. The first-order valence-electron chi connectivity index (χ1n) is 8.62. The minimum absolute atomic E-state index is 0.0320. The third-order valence-corrected chi connectivity index (χ3v) is 4.88. The van der Waals surface area contributed by atoms with Crippen molar-refractivity contribution >= 4 is 11.9 Å². The van der Waals surface area contributed by atoms with Crippen LogP contribution in [0.15, 0.2) is 48.5 Å². The third kappa shape index (κ3) is 3.49. The fraction of sp³-hybridized carbons (Fsp3) is 0.286. The van der Waals surface area contributed by atoms with E-state index in [-0.39, 0.29) is 12.5 Å². The number of hydrogen-bond donors (Lipinski definition) is 2. The van der Waals surface area contributed by atoms with Gasteiger partial charge in [-0.15, -0.1) is 0 Å². The molecule has 1 atom stereocenters. The Morgan fingerprint density at radius 3 is 2.00 bits per heavy atom. The molecular formula is C21H21N3O3. The van der Waals surface area contributed by atoms with Crippen LogP contribution in [0.2, 0.25) is 0 Å². The van der Waals surface area contributed by atoms with Gasteiger partial charge in [0.15, 0.2) is 5.54 Å². The van der Waals surface area contributed by atoms with E-state index < -0.39 is 17.0 Å². The maximum atomic E-state index is 12.4. The largest absolute Gasteiger partial charge is 0.491 e. The van der Waals surface area contributed by atoms with E-state index in [1.807, 2.05) is 57.2 Å². The van der Waals surface area contributed by atoms with Crippen molar-refractivity contribution in [2.24, 2.45) is 5.41 Å². The lowest BCUT2D eigenvalue weighted by Crippen LogP contribution is -2.60. The Balaban J connectivity index is 1.75. The molecule has 1 aliphatic rings. The van der Waals surface area contributed by atoms with Crippen LogP contribution in [0.3, 0.4) is 0 Å². The van der Waals surface area contributed by atoms with Gasteiger partial charge in [0.2, 0.25) is 0 Å². The minimum atomic E-state index is -1.13. The number of nitrogens with one attached hydrogen (secondary N) is 2. The Hall–Kier alpha value is -3.33. The molecule has 1 unspecified atom stereocenters. The average Bonchev–Trinajstić information content (AvgIpc) is 2.95. The first-order chi connectivity index (χ1) is 12.7. The van der Waals surface area contributed by atoms with Gasteiger partial charge < -0.3 is 10.1 Å². The van der Waals surface area contributed by atoms with Crippen molar-refractivity contribution in [2.45, 2.75) is 26.3 Å². The predicted molar refractivity (Wildman–Crippen MR) is 101 cm³/mol. The molecule has 0 bridgehead atoms. The first-order valence-corrected chi connectivity index (χ1v) is 8.62. The highest BCUT2D eigenvalue weighted by Crippen LogP contribution is 2.34. The van der Waals surface area contributed by atoms with Gasteiger partial charge in [-0.2, -0.15) is 5.26 Å². The van der Waals surface area contributed by atoms with Gasteiger partial charge in [-0.1, -0.05) is 45.0 Å². The summed E-state index contributed by atoms with van der Waals surface area (Å²) >= 11 is 0. The van der Waals surface area contributed by atoms with E-state index >= 15 is 0 Å². The van der Waals surface area contributed by atoms with E-state index in [9.17, 15) is 9.59 Å². The molecule has 1 saturated heterocycles. The highest BCUT2D eigenvalue weighted by molar-refractivity contribution is 6.07. The van der Waals surface area contributed by atoms with Crippen LogP contribution in [-0.2, 0) is 4.79 Å². The van der Waals surface area contributed by atoms with Crippen LogP contribution in [0.1, 0.15) is 26.3 Å². The van der Waals surface area contributed by atoms with Gasteiger partial charge in [-0.25, -0.2) is 4.79 Å². The monoisotopic (exact) mass is 363 g/mol. The lowest BCUT2D eigenvalue weighted by atomic mass is 9.74. The SMILES string of the molecule is CC(C)(C)C1(COc2ccc(-c3ccc(C#N)cc3)cc2)NC(=O)NC1=O. The van der Waals surface area contributed by atoms with Crippen molar-refractivity contribution in [3.05, 3.63) is 54.1 Å². The zero-order chi connectivity index (χ0) is 19.7. The van der Waals surface area contributed by atoms with Crippen LogP contribution in [0.5, 0.6) is 5.75 Å². The number of urea groups is 1. The summed E-state index contributed by atoms with van der Waals surface area (Å²) in [4.78, 5) is 24.0.